The monoisotopic (exact) mass is 475 g/mol. The van der Waals surface area contributed by atoms with Gasteiger partial charge in [-0.05, 0) is 47.6 Å². The molecule has 4 aromatic rings. The zero-order chi connectivity index (χ0) is 24.4. The molecule has 0 bridgehead atoms. The van der Waals surface area contributed by atoms with Crippen molar-refractivity contribution < 1.29 is 18.9 Å². The van der Waals surface area contributed by atoms with E-state index in [1.165, 1.54) is 4.68 Å². The minimum absolute atomic E-state index is 0.0159. The van der Waals surface area contributed by atoms with Gasteiger partial charge in [0.05, 0.1) is 18.0 Å². The minimum Gasteiger partial charge on any atom is -0.454 e. The Hall–Kier alpha value is -4.94. The molecule has 2 aromatic carbocycles. The lowest BCUT2D eigenvalue weighted by atomic mass is 10.1. The van der Waals surface area contributed by atoms with Crippen LogP contribution in [0.25, 0.3) is 5.82 Å². The highest BCUT2D eigenvalue weighted by molar-refractivity contribution is 6.01. The van der Waals surface area contributed by atoms with Gasteiger partial charge in [0, 0.05) is 18.3 Å². The van der Waals surface area contributed by atoms with Gasteiger partial charge in [0.25, 0.3) is 5.91 Å². The zero-order valence-corrected chi connectivity index (χ0v) is 18.9. The number of nitrogens with zero attached hydrogens (tertiary/aromatic N) is 7. The van der Waals surface area contributed by atoms with Gasteiger partial charge >= 0.3 is 0 Å². The van der Waals surface area contributed by atoms with Gasteiger partial charge in [-0.2, -0.15) is 9.78 Å². The third-order valence-corrected chi connectivity index (χ3v) is 5.37. The fourth-order valence-corrected chi connectivity index (χ4v) is 3.50. The van der Waals surface area contributed by atoms with Gasteiger partial charge in [0.2, 0.25) is 18.4 Å². The summed E-state index contributed by atoms with van der Waals surface area (Å²) in [4.78, 5) is 15.0. The summed E-state index contributed by atoms with van der Waals surface area (Å²) in [7, 11) is 1.88. The number of nitrogens with two attached hydrogens (primary N) is 1. The number of amides is 1. The maximum absolute atomic E-state index is 13.1. The van der Waals surface area contributed by atoms with Crippen LogP contribution in [0.4, 0.5) is 11.5 Å². The van der Waals surface area contributed by atoms with E-state index < -0.39 is 5.91 Å². The molecule has 13 heteroatoms. The van der Waals surface area contributed by atoms with Crippen molar-refractivity contribution in [3.05, 3.63) is 65.5 Å². The molecule has 13 nitrogen and oxygen atoms in total. The molecular weight excluding hydrogens is 454 g/mol. The van der Waals surface area contributed by atoms with Gasteiger partial charge < -0.3 is 20.1 Å². The number of hydrogen-bond acceptors (Lipinski definition) is 11. The van der Waals surface area contributed by atoms with Crippen LogP contribution in [0.5, 0.6) is 11.5 Å². The smallest absolute Gasteiger partial charge is 0.293 e. The first-order valence-electron chi connectivity index (χ1n) is 10.5. The Kier molecular flexibility index (Phi) is 5.71. The molecule has 1 aliphatic heterocycles. The Balaban J connectivity index is 1.42. The van der Waals surface area contributed by atoms with E-state index in [1.807, 2.05) is 48.3 Å². The molecule has 0 radical (unpaired) electrons. The number of benzene rings is 2. The number of anilines is 2. The second-order valence-corrected chi connectivity index (χ2v) is 7.67. The summed E-state index contributed by atoms with van der Waals surface area (Å²) in [5, 5.41) is 19.7. The number of carbonyl (C=O) groups excluding carboxylic acids is 1. The Morgan fingerprint density at radius 3 is 2.74 bits per heavy atom. The maximum Gasteiger partial charge on any atom is 0.293 e. The van der Waals surface area contributed by atoms with Gasteiger partial charge in [-0.25, -0.2) is 10.1 Å². The number of carbonyl (C=O) groups is 1. The first-order chi connectivity index (χ1) is 17.0. The van der Waals surface area contributed by atoms with E-state index in [-0.39, 0.29) is 30.7 Å². The molecule has 1 aliphatic rings. The predicted molar refractivity (Wildman–Crippen MR) is 124 cm³/mol. The highest BCUT2D eigenvalue weighted by Gasteiger charge is 2.25. The molecule has 0 atom stereocenters. The summed E-state index contributed by atoms with van der Waals surface area (Å²) in [5.41, 5.74) is 11.1. The number of nitrogen functional groups attached to an aromatic ring is 1. The van der Waals surface area contributed by atoms with Crippen molar-refractivity contribution in [1.29, 1.82) is 0 Å². The Labute approximate surface area is 199 Å². The number of ether oxygens (including phenoxy) is 2. The number of nitrogens with one attached hydrogen (secondary N) is 1. The van der Waals surface area contributed by atoms with E-state index in [2.05, 4.69) is 31.2 Å². The fourth-order valence-electron chi connectivity index (χ4n) is 3.50. The molecule has 0 saturated carbocycles. The van der Waals surface area contributed by atoms with Crippen LogP contribution in [-0.2, 0) is 6.54 Å². The van der Waals surface area contributed by atoms with Crippen molar-refractivity contribution >= 4 is 23.1 Å². The van der Waals surface area contributed by atoms with Crippen LogP contribution in [0, 0.1) is 0 Å². The highest BCUT2D eigenvalue weighted by Crippen LogP contribution is 2.32. The molecule has 0 unspecified atom stereocenters. The largest absolute Gasteiger partial charge is 0.454 e. The van der Waals surface area contributed by atoms with Crippen molar-refractivity contribution in [2.24, 2.45) is 5.10 Å². The summed E-state index contributed by atoms with van der Waals surface area (Å²) in [6.07, 6.45) is 0. The lowest BCUT2D eigenvalue weighted by Gasteiger charge is -2.19. The van der Waals surface area contributed by atoms with Crippen molar-refractivity contribution in [2.75, 3.05) is 24.5 Å². The average molecular weight is 475 g/mol. The predicted octanol–water partition coefficient (Wildman–Crippen LogP) is 1.75. The third kappa shape index (κ3) is 4.34. The molecule has 0 spiro atoms. The number of fused-ring (bicyclic) bond motifs is 1. The summed E-state index contributed by atoms with van der Waals surface area (Å²) >= 11 is 0. The molecule has 0 saturated heterocycles. The molecule has 3 N–H and O–H groups in total. The van der Waals surface area contributed by atoms with Crippen LogP contribution in [0.15, 0.2) is 58.3 Å². The van der Waals surface area contributed by atoms with E-state index in [1.54, 1.807) is 19.1 Å². The van der Waals surface area contributed by atoms with Gasteiger partial charge in [0.15, 0.2) is 17.2 Å². The molecule has 178 valence electrons. The lowest BCUT2D eigenvalue weighted by Crippen LogP contribution is -2.25. The number of rotatable bonds is 7. The van der Waals surface area contributed by atoms with Crippen LogP contribution >= 0.6 is 0 Å². The van der Waals surface area contributed by atoms with Crippen molar-refractivity contribution in [1.82, 2.24) is 30.7 Å². The van der Waals surface area contributed by atoms with E-state index in [0.29, 0.717) is 22.9 Å². The Morgan fingerprint density at radius 1 is 1.17 bits per heavy atom. The molecular formula is C22H21N9O4. The van der Waals surface area contributed by atoms with Gasteiger partial charge in [-0.15, -0.1) is 5.10 Å². The maximum atomic E-state index is 13.1. The number of para-hydroxylation sites is 1. The number of hydrazone groups is 1. The summed E-state index contributed by atoms with van der Waals surface area (Å²) in [5.74, 6) is 0.880. The standard InChI is InChI=1S/C22H21N9O4/c1-13(14-8-9-17-18(10-14)34-12-33-17)24-26-22(32)19-16(11-30(2)15-6-4-3-5-7-15)31(29-25-19)21-20(23)27-35-28-21/h3-10H,11-12H2,1-2H3,(H2,23,27)(H,26,32). The first kappa shape index (κ1) is 21.9. The summed E-state index contributed by atoms with van der Waals surface area (Å²) in [6.45, 7) is 2.20. The van der Waals surface area contributed by atoms with E-state index in [4.69, 9.17) is 19.8 Å². The molecule has 2 aromatic heterocycles. The lowest BCUT2D eigenvalue weighted by molar-refractivity contribution is 0.0948. The van der Waals surface area contributed by atoms with Crippen LogP contribution < -0.4 is 25.5 Å². The second kappa shape index (κ2) is 9.13. The van der Waals surface area contributed by atoms with E-state index in [0.717, 1.165) is 11.3 Å². The van der Waals surface area contributed by atoms with Crippen LogP contribution in [0.2, 0.25) is 0 Å². The molecule has 0 aliphatic carbocycles. The zero-order valence-electron chi connectivity index (χ0n) is 18.9. The Morgan fingerprint density at radius 2 is 1.97 bits per heavy atom. The summed E-state index contributed by atoms with van der Waals surface area (Å²) in [6, 6.07) is 15.1. The van der Waals surface area contributed by atoms with Crippen molar-refractivity contribution in [3.8, 4) is 17.3 Å². The van der Waals surface area contributed by atoms with Crippen molar-refractivity contribution in [3.63, 3.8) is 0 Å². The van der Waals surface area contributed by atoms with Crippen molar-refractivity contribution in [2.45, 2.75) is 13.5 Å². The van der Waals surface area contributed by atoms with Crippen LogP contribution in [0.1, 0.15) is 28.7 Å². The highest BCUT2D eigenvalue weighted by atomic mass is 16.7. The topological polar surface area (TPSA) is 159 Å². The van der Waals surface area contributed by atoms with E-state index in [9.17, 15) is 4.79 Å². The molecule has 1 amide bonds. The number of hydrogen-bond donors (Lipinski definition) is 2. The first-order valence-corrected chi connectivity index (χ1v) is 10.5. The summed E-state index contributed by atoms with van der Waals surface area (Å²) < 4.78 is 16.8. The average Bonchev–Trinajstić information content (AvgIpc) is 3.62. The third-order valence-electron chi connectivity index (χ3n) is 5.37. The molecule has 35 heavy (non-hydrogen) atoms. The van der Waals surface area contributed by atoms with Gasteiger partial charge in [-0.3, -0.25) is 4.79 Å². The van der Waals surface area contributed by atoms with Crippen LogP contribution in [0.3, 0.4) is 0 Å². The SMILES string of the molecule is CC(=NNC(=O)c1nnn(-c2nonc2N)c1CN(C)c1ccccc1)c1ccc2c(c1)OCO2. The van der Waals surface area contributed by atoms with Gasteiger partial charge in [0.1, 0.15) is 0 Å². The fraction of sp³-hybridized carbons (Fsp3) is 0.182. The minimum atomic E-state index is -0.553. The molecule has 0 fully saturated rings. The quantitative estimate of drug-likeness (QED) is 0.298. The number of aromatic nitrogens is 5. The van der Waals surface area contributed by atoms with Gasteiger partial charge in [-0.1, -0.05) is 23.4 Å². The normalized spacial score (nSPS) is 12.6. The van der Waals surface area contributed by atoms with E-state index >= 15 is 0 Å². The molecule has 3 heterocycles. The second-order valence-electron chi connectivity index (χ2n) is 7.67. The molecule has 5 rings (SSSR count). The Bertz CT molecular complexity index is 1400. The van der Waals surface area contributed by atoms with Crippen LogP contribution in [-0.4, -0.2) is 50.8 Å².